The van der Waals surface area contributed by atoms with E-state index in [9.17, 15) is 8.42 Å². The Morgan fingerprint density at radius 3 is 2.56 bits per heavy atom. The van der Waals surface area contributed by atoms with Gasteiger partial charge in [-0.1, -0.05) is 18.2 Å². The fourth-order valence-electron chi connectivity index (χ4n) is 2.09. The lowest BCUT2D eigenvalue weighted by Gasteiger charge is -2.29. The van der Waals surface area contributed by atoms with Crippen molar-refractivity contribution in [1.29, 1.82) is 0 Å². The molecule has 1 heterocycles. The zero-order chi connectivity index (χ0) is 13.2. The molecule has 0 radical (unpaired) electrons. The second-order valence-electron chi connectivity index (χ2n) is 4.66. The number of benzene rings is 1. The number of hydrogen-bond acceptors (Lipinski definition) is 3. The van der Waals surface area contributed by atoms with E-state index < -0.39 is 9.84 Å². The maximum atomic E-state index is 11.4. The van der Waals surface area contributed by atoms with Gasteiger partial charge in [0.25, 0.3) is 0 Å². The van der Waals surface area contributed by atoms with Crippen LogP contribution in [0.15, 0.2) is 30.3 Å². The summed E-state index contributed by atoms with van der Waals surface area (Å²) in [5.41, 5.74) is 3.55. The van der Waals surface area contributed by atoms with Gasteiger partial charge in [0.15, 0.2) is 9.84 Å². The molecule has 0 bridgehead atoms. The highest BCUT2D eigenvalue weighted by Crippen LogP contribution is 2.22. The van der Waals surface area contributed by atoms with Gasteiger partial charge in [-0.15, -0.1) is 0 Å². The molecular formula is C14H19NO2S. The number of anilines is 1. The molecule has 0 atom stereocenters. The van der Waals surface area contributed by atoms with Gasteiger partial charge in [-0.2, -0.15) is 0 Å². The van der Waals surface area contributed by atoms with Crippen LogP contribution in [-0.2, 0) is 9.84 Å². The van der Waals surface area contributed by atoms with Crippen LogP contribution in [0.3, 0.4) is 0 Å². The number of sulfone groups is 1. The van der Waals surface area contributed by atoms with Crippen molar-refractivity contribution >= 4 is 21.1 Å². The molecule has 2 rings (SSSR count). The van der Waals surface area contributed by atoms with Crippen molar-refractivity contribution in [1.82, 2.24) is 0 Å². The zero-order valence-corrected chi connectivity index (χ0v) is 11.7. The number of nitrogens with zero attached hydrogens (tertiary/aromatic N) is 1. The third-order valence-electron chi connectivity index (χ3n) is 3.44. The maximum Gasteiger partial charge on any atom is 0.153 e. The molecule has 0 amide bonds. The third-order valence-corrected chi connectivity index (χ3v) is 5.05. The molecule has 98 valence electrons. The van der Waals surface area contributed by atoms with E-state index in [2.05, 4.69) is 30.0 Å². The Morgan fingerprint density at radius 1 is 1.28 bits per heavy atom. The van der Waals surface area contributed by atoms with Crippen LogP contribution in [0, 0.1) is 0 Å². The number of hydrogen-bond donors (Lipinski definition) is 0. The van der Waals surface area contributed by atoms with Crippen LogP contribution in [0.2, 0.25) is 0 Å². The van der Waals surface area contributed by atoms with Crippen LogP contribution in [-0.4, -0.2) is 33.0 Å². The van der Waals surface area contributed by atoms with Crippen molar-refractivity contribution < 1.29 is 8.42 Å². The first-order valence-corrected chi connectivity index (χ1v) is 8.03. The molecule has 1 fully saturated rings. The van der Waals surface area contributed by atoms with Gasteiger partial charge in [-0.3, -0.25) is 0 Å². The van der Waals surface area contributed by atoms with E-state index in [1.165, 1.54) is 11.1 Å². The van der Waals surface area contributed by atoms with Crippen molar-refractivity contribution in [3.05, 3.63) is 35.9 Å². The molecular weight excluding hydrogens is 246 g/mol. The van der Waals surface area contributed by atoms with Gasteiger partial charge in [0, 0.05) is 18.8 Å². The Balaban J connectivity index is 2.20. The summed E-state index contributed by atoms with van der Waals surface area (Å²) in [7, 11) is -2.81. The summed E-state index contributed by atoms with van der Waals surface area (Å²) in [6.45, 7) is 5.30. The molecule has 1 saturated heterocycles. The fourth-order valence-corrected chi connectivity index (χ4v) is 3.29. The summed E-state index contributed by atoms with van der Waals surface area (Å²) in [4.78, 5) is 2.15. The second kappa shape index (κ2) is 5.14. The molecule has 0 N–H and O–H groups in total. The summed E-state index contributed by atoms with van der Waals surface area (Å²) in [5.74, 6) is 0.527. The Hall–Kier alpha value is -1.29. The Kier molecular flexibility index (Phi) is 3.76. The van der Waals surface area contributed by atoms with E-state index in [1.807, 2.05) is 19.1 Å². The second-order valence-corrected chi connectivity index (χ2v) is 6.96. The lowest BCUT2D eigenvalue weighted by molar-refractivity contribution is 0.587. The fraction of sp³-hybridized carbons (Fsp3) is 0.429. The van der Waals surface area contributed by atoms with Gasteiger partial charge in [-0.25, -0.2) is 8.42 Å². The zero-order valence-electron chi connectivity index (χ0n) is 10.9. The van der Waals surface area contributed by atoms with Crippen molar-refractivity contribution in [2.45, 2.75) is 13.8 Å². The Bertz CT molecular complexity index is 547. The van der Waals surface area contributed by atoms with Crippen LogP contribution < -0.4 is 4.90 Å². The summed E-state index contributed by atoms with van der Waals surface area (Å²) < 4.78 is 22.8. The molecule has 1 aromatic rings. The molecule has 0 spiro atoms. The van der Waals surface area contributed by atoms with Crippen LogP contribution in [0.4, 0.5) is 5.69 Å². The third kappa shape index (κ3) is 2.93. The minimum absolute atomic E-state index is 0.264. The molecule has 1 aliphatic heterocycles. The minimum Gasteiger partial charge on any atom is -0.369 e. The van der Waals surface area contributed by atoms with Crippen molar-refractivity contribution in [2.24, 2.45) is 0 Å². The molecule has 0 saturated carbocycles. The molecule has 0 aliphatic carbocycles. The number of allylic oxidation sites excluding steroid dienone is 2. The standard InChI is InChI=1S/C14H19NO2S/c1-3-12(2)13-5-4-6-14(11-13)15-7-9-18(16,17)10-8-15/h3-6,11H,7-10H2,1-2H3. The molecule has 4 heteroatoms. The monoisotopic (exact) mass is 265 g/mol. The summed E-state index contributed by atoms with van der Waals surface area (Å²) >= 11 is 0. The largest absolute Gasteiger partial charge is 0.369 e. The van der Waals surface area contributed by atoms with Gasteiger partial charge in [0.1, 0.15) is 0 Å². The van der Waals surface area contributed by atoms with Crippen molar-refractivity contribution in [3.63, 3.8) is 0 Å². The molecule has 0 unspecified atom stereocenters. The highest BCUT2D eigenvalue weighted by Gasteiger charge is 2.21. The van der Waals surface area contributed by atoms with Gasteiger partial charge in [-0.05, 0) is 37.1 Å². The van der Waals surface area contributed by atoms with Gasteiger partial charge < -0.3 is 4.90 Å². The highest BCUT2D eigenvalue weighted by atomic mass is 32.2. The molecule has 18 heavy (non-hydrogen) atoms. The minimum atomic E-state index is -2.81. The van der Waals surface area contributed by atoms with E-state index in [-0.39, 0.29) is 11.5 Å². The van der Waals surface area contributed by atoms with E-state index in [4.69, 9.17) is 0 Å². The molecule has 3 nitrogen and oxygen atoms in total. The smallest absolute Gasteiger partial charge is 0.153 e. The van der Waals surface area contributed by atoms with Crippen LogP contribution >= 0.6 is 0 Å². The highest BCUT2D eigenvalue weighted by molar-refractivity contribution is 7.91. The lowest BCUT2D eigenvalue weighted by atomic mass is 10.1. The average Bonchev–Trinajstić information content (AvgIpc) is 2.38. The SMILES string of the molecule is CC=C(C)c1cccc(N2CCS(=O)(=O)CC2)c1. The van der Waals surface area contributed by atoms with Crippen molar-refractivity contribution in [3.8, 4) is 0 Å². The summed E-state index contributed by atoms with van der Waals surface area (Å²) in [6.07, 6.45) is 2.08. The summed E-state index contributed by atoms with van der Waals surface area (Å²) in [6, 6.07) is 8.29. The van der Waals surface area contributed by atoms with Crippen LogP contribution in [0.25, 0.3) is 5.57 Å². The topological polar surface area (TPSA) is 37.4 Å². The van der Waals surface area contributed by atoms with Crippen LogP contribution in [0.1, 0.15) is 19.4 Å². The Labute approximate surface area is 109 Å². The van der Waals surface area contributed by atoms with E-state index in [1.54, 1.807) is 0 Å². The summed E-state index contributed by atoms with van der Waals surface area (Å²) in [5, 5.41) is 0. The van der Waals surface area contributed by atoms with Crippen LogP contribution in [0.5, 0.6) is 0 Å². The quantitative estimate of drug-likeness (QED) is 0.823. The maximum absolute atomic E-state index is 11.4. The predicted octanol–water partition coefficient (Wildman–Crippen LogP) is 2.34. The number of rotatable bonds is 2. The molecule has 0 aromatic heterocycles. The average molecular weight is 265 g/mol. The van der Waals surface area contributed by atoms with E-state index >= 15 is 0 Å². The first-order valence-electron chi connectivity index (χ1n) is 6.20. The lowest BCUT2D eigenvalue weighted by Crippen LogP contribution is -2.40. The normalized spacial score (nSPS) is 19.9. The van der Waals surface area contributed by atoms with E-state index in [0.717, 1.165) is 5.69 Å². The van der Waals surface area contributed by atoms with Gasteiger partial charge in [0.2, 0.25) is 0 Å². The predicted molar refractivity (Wildman–Crippen MR) is 76.6 cm³/mol. The Morgan fingerprint density at radius 2 is 1.94 bits per heavy atom. The van der Waals surface area contributed by atoms with E-state index in [0.29, 0.717) is 13.1 Å². The first-order chi connectivity index (χ1) is 8.52. The first kappa shape index (κ1) is 13.1. The molecule has 1 aliphatic rings. The molecule has 1 aromatic carbocycles. The van der Waals surface area contributed by atoms with Gasteiger partial charge >= 0.3 is 0 Å². The van der Waals surface area contributed by atoms with Crippen molar-refractivity contribution in [2.75, 3.05) is 29.5 Å². The van der Waals surface area contributed by atoms with Gasteiger partial charge in [0.05, 0.1) is 11.5 Å².